The van der Waals surface area contributed by atoms with Gasteiger partial charge in [0.15, 0.2) is 11.4 Å². The summed E-state index contributed by atoms with van der Waals surface area (Å²) in [5.74, 6) is 0. The van der Waals surface area contributed by atoms with Crippen LogP contribution in [0.5, 0.6) is 0 Å². The molecule has 0 saturated carbocycles. The topological polar surface area (TPSA) is 47.8 Å². The third kappa shape index (κ3) is 3.18. The number of hydrogen-bond donors (Lipinski definition) is 0. The summed E-state index contributed by atoms with van der Waals surface area (Å²) in [7, 11) is 0. The molecule has 0 aliphatic carbocycles. The van der Waals surface area contributed by atoms with Crippen molar-refractivity contribution in [2.75, 3.05) is 0 Å². The van der Waals surface area contributed by atoms with Gasteiger partial charge in [0.25, 0.3) is 5.24 Å². The van der Waals surface area contributed by atoms with Crippen LogP contribution in [0.15, 0.2) is 11.4 Å². The van der Waals surface area contributed by atoms with Crippen LogP contribution < -0.4 is 0 Å². The Bertz CT molecular complexity index is 688. The summed E-state index contributed by atoms with van der Waals surface area (Å²) in [5, 5.41) is 1.77. The van der Waals surface area contributed by atoms with Gasteiger partial charge in [0.2, 0.25) is 5.13 Å². The van der Waals surface area contributed by atoms with Crippen LogP contribution in [0.2, 0.25) is 0 Å². The average molecular weight is 350 g/mol. The number of carbonyl (C=O) groups excluding carboxylic acids is 1. The number of hydrogen-bond acceptors (Lipinski definition) is 4. The van der Waals surface area contributed by atoms with E-state index in [9.17, 15) is 31.1 Å². The number of nitrogens with zero attached hydrogens (tertiary/aromatic N) is 3. The standard InChI is InChI=1S/C9H2ClF6N3OS/c10-6(20)3-1-4(8(11,12)13)18-19(3)7-17-5(2-21-7)9(14,15)16/h1-2H. The highest BCUT2D eigenvalue weighted by molar-refractivity contribution is 7.12. The van der Waals surface area contributed by atoms with Gasteiger partial charge in [0.1, 0.15) is 5.69 Å². The molecule has 0 fully saturated rings. The predicted octanol–water partition coefficient (Wildman–Crippen LogP) is 3.75. The zero-order chi connectivity index (χ0) is 16.0. The van der Waals surface area contributed by atoms with E-state index in [2.05, 4.69) is 10.1 Å². The molecule has 0 spiro atoms. The van der Waals surface area contributed by atoms with Crippen molar-refractivity contribution in [1.29, 1.82) is 0 Å². The van der Waals surface area contributed by atoms with Crippen molar-refractivity contribution in [1.82, 2.24) is 14.8 Å². The molecule has 0 aliphatic heterocycles. The number of thiazole rings is 1. The molecule has 2 heterocycles. The van der Waals surface area contributed by atoms with Crippen molar-refractivity contribution >= 4 is 28.2 Å². The summed E-state index contributed by atoms with van der Waals surface area (Å²) in [5.41, 5.74) is -3.50. The normalized spacial score (nSPS) is 12.7. The molecule has 0 unspecified atom stereocenters. The maximum absolute atomic E-state index is 12.5. The Kier molecular flexibility index (Phi) is 3.74. The largest absolute Gasteiger partial charge is 0.435 e. The Morgan fingerprint density at radius 1 is 1.14 bits per heavy atom. The molecule has 0 aromatic carbocycles. The summed E-state index contributed by atoms with van der Waals surface area (Å²) < 4.78 is 75.2. The Morgan fingerprint density at radius 2 is 1.71 bits per heavy atom. The number of aromatic nitrogens is 3. The zero-order valence-electron chi connectivity index (χ0n) is 9.46. The van der Waals surface area contributed by atoms with Gasteiger partial charge in [-0.1, -0.05) is 0 Å². The fourth-order valence-electron chi connectivity index (χ4n) is 1.30. The van der Waals surface area contributed by atoms with Gasteiger partial charge >= 0.3 is 12.4 Å². The SMILES string of the molecule is O=C(Cl)c1cc(C(F)(F)F)nn1-c1nc(C(F)(F)F)cs1. The quantitative estimate of drug-likeness (QED) is 0.613. The number of carbonyl (C=O) groups is 1. The summed E-state index contributed by atoms with van der Waals surface area (Å²) in [6.45, 7) is 0. The van der Waals surface area contributed by atoms with Crippen molar-refractivity contribution in [3.63, 3.8) is 0 Å². The smallest absolute Gasteiger partial charge is 0.274 e. The molecule has 0 N–H and O–H groups in total. The van der Waals surface area contributed by atoms with Gasteiger partial charge < -0.3 is 0 Å². The third-order valence-corrected chi connectivity index (χ3v) is 3.17. The molecule has 12 heteroatoms. The van der Waals surface area contributed by atoms with Crippen LogP contribution in [-0.2, 0) is 12.4 Å². The fourth-order valence-corrected chi connectivity index (χ4v) is 2.23. The highest BCUT2D eigenvalue weighted by Gasteiger charge is 2.37. The van der Waals surface area contributed by atoms with Crippen LogP contribution in [0, 0.1) is 0 Å². The molecule has 2 aromatic rings. The van der Waals surface area contributed by atoms with Crippen LogP contribution >= 0.6 is 22.9 Å². The second kappa shape index (κ2) is 4.98. The minimum atomic E-state index is -4.88. The Hall–Kier alpha value is -1.62. The van der Waals surface area contributed by atoms with Crippen molar-refractivity contribution in [2.45, 2.75) is 12.4 Å². The lowest BCUT2D eigenvalue weighted by atomic mass is 10.3. The van der Waals surface area contributed by atoms with E-state index in [1.54, 1.807) is 0 Å². The minimum absolute atomic E-state index is 0.331. The molecule has 4 nitrogen and oxygen atoms in total. The lowest BCUT2D eigenvalue weighted by Gasteiger charge is -2.02. The highest BCUT2D eigenvalue weighted by Crippen LogP contribution is 2.33. The van der Waals surface area contributed by atoms with Gasteiger partial charge in [0, 0.05) is 11.4 Å². The van der Waals surface area contributed by atoms with Crippen LogP contribution in [-0.4, -0.2) is 20.0 Å². The summed E-state index contributed by atoms with van der Waals surface area (Å²) in [6, 6.07) is 0.337. The van der Waals surface area contributed by atoms with E-state index >= 15 is 0 Å². The molecule has 0 saturated heterocycles. The summed E-state index contributed by atoms with van der Waals surface area (Å²) in [4.78, 5) is 14.2. The summed E-state index contributed by atoms with van der Waals surface area (Å²) in [6.07, 6.45) is -9.64. The van der Waals surface area contributed by atoms with E-state index in [4.69, 9.17) is 11.6 Å². The molecule has 0 amide bonds. The first-order chi connectivity index (χ1) is 9.50. The van der Waals surface area contributed by atoms with E-state index < -0.39 is 39.8 Å². The van der Waals surface area contributed by atoms with Crippen LogP contribution in [0.3, 0.4) is 0 Å². The Morgan fingerprint density at radius 3 is 2.14 bits per heavy atom. The summed E-state index contributed by atoms with van der Waals surface area (Å²) >= 11 is 5.48. The molecule has 0 bridgehead atoms. The first-order valence-electron chi connectivity index (χ1n) is 4.90. The molecule has 114 valence electrons. The minimum Gasteiger partial charge on any atom is -0.274 e. The first kappa shape index (κ1) is 15.8. The van der Waals surface area contributed by atoms with Gasteiger partial charge in [-0.3, -0.25) is 4.79 Å². The second-order valence-electron chi connectivity index (χ2n) is 3.61. The molecule has 21 heavy (non-hydrogen) atoms. The monoisotopic (exact) mass is 349 g/mol. The van der Waals surface area contributed by atoms with Crippen LogP contribution in [0.25, 0.3) is 5.13 Å². The number of rotatable bonds is 2. The fraction of sp³-hybridized carbons (Fsp3) is 0.222. The van der Waals surface area contributed by atoms with E-state index in [-0.39, 0.29) is 0 Å². The molecular formula is C9H2ClF6N3OS. The van der Waals surface area contributed by atoms with E-state index in [0.717, 1.165) is 0 Å². The molecular weight excluding hydrogens is 348 g/mol. The average Bonchev–Trinajstić information content (AvgIpc) is 2.93. The van der Waals surface area contributed by atoms with Crippen molar-refractivity contribution in [3.05, 3.63) is 28.5 Å². The molecule has 0 radical (unpaired) electrons. The van der Waals surface area contributed by atoms with Crippen molar-refractivity contribution in [3.8, 4) is 5.13 Å². The Labute approximate surface area is 121 Å². The van der Waals surface area contributed by atoms with Gasteiger partial charge in [-0.15, -0.1) is 11.3 Å². The molecule has 0 atom stereocenters. The second-order valence-corrected chi connectivity index (χ2v) is 4.79. The van der Waals surface area contributed by atoms with E-state index in [1.807, 2.05) is 0 Å². The lowest BCUT2D eigenvalue weighted by molar-refractivity contribution is -0.142. The van der Waals surface area contributed by atoms with Crippen LogP contribution in [0.1, 0.15) is 21.9 Å². The molecule has 2 aromatic heterocycles. The van der Waals surface area contributed by atoms with Crippen LogP contribution in [0.4, 0.5) is 26.3 Å². The van der Waals surface area contributed by atoms with E-state index in [0.29, 0.717) is 27.5 Å². The molecule has 0 aliphatic rings. The van der Waals surface area contributed by atoms with Gasteiger partial charge in [0.05, 0.1) is 0 Å². The third-order valence-electron chi connectivity index (χ3n) is 2.16. The van der Waals surface area contributed by atoms with Gasteiger partial charge in [-0.25, -0.2) is 9.67 Å². The zero-order valence-corrected chi connectivity index (χ0v) is 11.0. The van der Waals surface area contributed by atoms with E-state index in [1.165, 1.54) is 0 Å². The predicted molar refractivity (Wildman–Crippen MR) is 59.4 cm³/mol. The Balaban J connectivity index is 2.55. The highest BCUT2D eigenvalue weighted by atomic mass is 35.5. The van der Waals surface area contributed by atoms with Crippen molar-refractivity contribution < 1.29 is 31.1 Å². The number of alkyl halides is 6. The van der Waals surface area contributed by atoms with Gasteiger partial charge in [-0.2, -0.15) is 31.4 Å². The first-order valence-corrected chi connectivity index (χ1v) is 6.16. The number of halogens is 7. The maximum atomic E-state index is 12.5. The molecule has 2 rings (SSSR count). The lowest BCUT2D eigenvalue weighted by Crippen LogP contribution is -2.09. The maximum Gasteiger partial charge on any atom is 0.435 e. The van der Waals surface area contributed by atoms with Crippen molar-refractivity contribution in [2.24, 2.45) is 0 Å². The van der Waals surface area contributed by atoms with Gasteiger partial charge in [-0.05, 0) is 11.6 Å².